The number of carbonyl (C=O) groups is 1. The monoisotopic (exact) mass is 305 g/mol. The number of rotatable bonds is 6. The maximum absolute atomic E-state index is 12.0. The van der Waals surface area contributed by atoms with Gasteiger partial charge in [0.15, 0.2) is 0 Å². The van der Waals surface area contributed by atoms with Crippen molar-refractivity contribution >= 4 is 6.09 Å². The Morgan fingerprint density at radius 1 is 1.36 bits per heavy atom. The zero-order valence-electron chi connectivity index (χ0n) is 14.0. The Labute approximate surface area is 133 Å². The highest BCUT2D eigenvalue weighted by Gasteiger charge is 2.27. The molecule has 2 rings (SSSR count). The third-order valence-corrected chi connectivity index (χ3v) is 3.65. The molecule has 0 aromatic heterocycles. The van der Waals surface area contributed by atoms with Gasteiger partial charge in [-0.15, -0.1) is 0 Å². The van der Waals surface area contributed by atoms with Gasteiger partial charge < -0.3 is 14.8 Å². The van der Waals surface area contributed by atoms with Gasteiger partial charge in [0.1, 0.15) is 11.4 Å². The van der Waals surface area contributed by atoms with E-state index in [1.807, 2.05) is 39.0 Å². The Morgan fingerprint density at radius 3 is 2.68 bits per heavy atom. The number of alkyl carbamates (subject to hydrolysis) is 1. The smallest absolute Gasteiger partial charge is 0.407 e. The van der Waals surface area contributed by atoms with Crippen molar-refractivity contribution in [3.63, 3.8) is 0 Å². The van der Waals surface area contributed by atoms with Gasteiger partial charge in [-0.05, 0) is 57.2 Å². The molecule has 0 aliphatic heterocycles. The predicted molar refractivity (Wildman–Crippen MR) is 87.2 cm³/mol. The third-order valence-electron chi connectivity index (χ3n) is 3.65. The lowest BCUT2D eigenvalue weighted by molar-refractivity contribution is 0.0500. The fourth-order valence-corrected chi connectivity index (χ4v) is 2.51. The zero-order chi connectivity index (χ0) is 16.2. The van der Waals surface area contributed by atoms with E-state index in [9.17, 15) is 4.79 Å². The second-order valence-corrected chi connectivity index (χ2v) is 7.08. The number of ether oxygens (including phenoxy) is 2. The molecule has 1 aromatic rings. The largest absolute Gasteiger partial charge is 0.497 e. The van der Waals surface area contributed by atoms with E-state index in [-0.39, 0.29) is 12.1 Å². The number of nitrogens with one attached hydrogen (secondary N) is 1. The minimum Gasteiger partial charge on any atom is -0.497 e. The average Bonchev–Trinajstić information content (AvgIpc) is 3.20. The van der Waals surface area contributed by atoms with Crippen LogP contribution in [0, 0.1) is 5.92 Å². The molecule has 0 heterocycles. The molecular formula is C18H27NO3. The van der Waals surface area contributed by atoms with Crippen LogP contribution in [0.25, 0.3) is 0 Å². The Morgan fingerprint density at radius 2 is 2.09 bits per heavy atom. The molecule has 1 fully saturated rings. The number of amides is 1. The van der Waals surface area contributed by atoms with Crippen LogP contribution in [0.2, 0.25) is 0 Å². The van der Waals surface area contributed by atoms with E-state index >= 15 is 0 Å². The number of benzene rings is 1. The minimum absolute atomic E-state index is 0.106. The molecule has 4 heteroatoms. The van der Waals surface area contributed by atoms with E-state index in [2.05, 4.69) is 11.4 Å². The number of hydrogen-bond acceptors (Lipinski definition) is 3. The van der Waals surface area contributed by atoms with Crippen molar-refractivity contribution in [2.45, 2.75) is 58.1 Å². The summed E-state index contributed by atoms with van der Waals surface area (Å²) >= 11 is 0. The Balaban J connectivity index is 1.97. The molecule has 1 N–H and O–H groups in total. The molecule has 1 atom stereocenters. The van der Waals surface area contributed by atoms with Crippen LogP contribution in [0.5, 0.6) is 5.75 Å². The van der Waals surface area contributed by atoms with Crippen molar-refractivity contribution < 1.29 is 14.3 Å². The summed E-state index contributed by atoms with van der Waals surface area (Å²) in [7, 11) is 1.67. The molecule has 0 saturated heterocycles. The number of methoxy groups -OCH3 is 1. The summed E-state index contributed by atoms with van der Waals surface area (Å²) in [5, 5.41) is 3.03. The predicted octanol–water partition coefficient (Wildman–Crippen LogP) is 3.93. The van der Waals surface area contributed by atoms with Gasteiger partial charge in [-0.3, -0.25) is 0 Å². The van der Waals surface area contributed by atoms with E-state index in [0.29, 0.717) is 0 Å². The lowest BCUT2D eigenvalue weighted by Gasteiger charge is -2.24. The summed E-state index contributed by atoms with van der Waals surface area (Å²) in [6.07, 6.45) is 4.01. The van der Waals surface area contributed by atoms with E-state index < -0.39 is 5.60 Å². The van der Waals surface area contributed by atoms with Crippen molar-refractivity contribution in [2.24, 2.45) is 5.92 Å². The van der Waals surface area contributed by atoms with Gasteiger partial charge in [0.05, 0.1) is 7.11 Å². The lowest BCUT2D eigenvalue weighted by Crippen LogP contribution is -2.40. The summed E-state index contributed by atoms with van der Waals surface area (Å²) in [5.74, 6) is 1.59. The van der Waals surface area contributed by atoms with Gasteiger partial charge in [0.2, 0.25) is 0 Å². The number of hydrogen-bond donors (Lipinski definition) is 1. The molecule has 1 saturated carbocycles. The zero-order valence-corrected chi connectivity index (χ0v) is 14.0. The van der Waals surface area contributed by atoms with Crippen LogP contribution < -0.4 is 10.1 Å². The highest BCUT2D eigenvalue weighted by atomic mass is 16.6. The summed E-state index contributed by atoms with van der Waals surface area (Å²) < 4.78 is 10.6. The summed E-state index contributed by atoms with van der Waals surface area (Å²) in [5.41, 5.74) is 0.700. The molecule has 4 nitrogen and oxygen atoms in total. The SMILES string of the molecule is COc1cccc(C[C@H](CC2CC2)NC(=O)OC(C)(C)C)c1. The van der Waals surface area contributed by atoms with Crippen LogP contribution in [-0.2, 0) is 11.2 Å². The van der Waals surface area contributed by atoms with Crippen molar-refractivity contribution in [1.82, 2.24) is 5.32 Å². The molecule has 0 unspecified atom stereocenters. The molecule has 122 valence electrons. The maximum Gasteiger partial charge on any atom is 0.407 e. The van der Waals surface area contributed by atoms with E-state index in [1.165, 1.54) is 18.4 Å². The van der Waals surface area contributed by atoms with E-state index in [4.69, 9.17) is 9.47 Å². The lowest BCUT2D eigenvalue weighted by atomic mass is 10.0. The Kier molecular flexibility index (Phi) is 5.33. The van der Waals surface area contributed by atoms with Crippen LogP contribution >= 0.6 is 0 Å². The molecule has 0 radical (unpaired) electrons. The highest BCUT2D eigenvalue weighted by Crippen LogP contribution is 2.34. The van der Waals surface area contributed by atoms with E-state index in [0.717, 1.165) is 24.5 Å². The molecule has 22 heavy (non-hydrogen) atoms. The molecule has 1 aromatic carbocycles. The number of carbonyl (C=O) groups excluding carboxylic acids is 1. The van der Waals surface area contributed by atoms with Crippen LogP contribution in [0.3, 0.4) is 0 Å². The Hall–Kier alpha value is -1.71. The summed E-state index contributed by atoms with van der Waals surface area (Å²) in [4.78, 5) is 12.0. The molecule has 1 amide bonds. The Bertz CT molecular complexity index is 503. The average molecular weight is 305 g/mol. The maximum atomic E-state index is 12.0. The topological polar surface area (TPSA) is 47.6 Å². The first-order valence-electron chi connectivity index (χ1n) is 7.98. The summed E-state index contributed by atoms with van der Waals surface area (Å²) in [6.45, 7) is 5.64. The van der Waals surface area contributed by atoms with Crippen molar-refractivity contribution in [2.75, 3.05) is 7.11 Å². The van der Waals surface area contributed by atoms with Gasteiger partial charge in [0.25, 0.3) is 0 Å². The van der Waals surface area contributed by atoms with Crippen LogP contribution in [-0.4, -0.2) is 24.8 Å². The standard InChI is InChI=1S/C18H27NO3/c1-18(2,3)22-17(20)19-15(10-13-8-9-13)11-14-6-5-7-16(12-14)21-4/h5-7,12-13,15H,8-11H2,1-4H3,(H,19,20)/t15-/m0/s1. The van der Waals surface area contributed by atoms with Gasteiger partial charge in [-0.25, -0.2) is 4.79 Å². The summed E-state index contributed by atoms with van der Waals surface area (Å²) in [6, 6.07) is 8.11. The quantitative estimate of drug-likeness (QED) is 0.866. The molecule has 1 aliphatic rings. The first-order valence-corrected chi connectivity index (χ1v) is 7.98. The van der Waals surface area contributed by atoms with Crippen LogP contribution in [0.15, 0.2) is 24.3 Å². The highest BCUT2D eigenvalue weighted by molar-refractivity contribution is 5.68. The van der Waals surface area contributed by atoms with Crippen LogP contribution in [0.4, 0.5) is 4.79 Å². The normalized spacial score (nSPS) is 16.0. The third kappa shape index (κ3) is 5.96. The molecule has 1 aliphatic carbocycles. The van der Waals surface area contributed by atoms with Gasteiger partial charge >= 0.3 is 6.09 Å². The van der Waals surface area contributed by atoms with Crippen molar-refractivity contribution in [1.29, 1.82) is 0 Å². The second-order valence-electron chi connectivity index (χ2n) is 7.08. The minimum atomic E-state index is -0.468. The van der Waals surface area contributed by atoms with Gasteiger partial charge in [-0.1, -0.05) is 25.0 Å². The molecular weight excluding hydrogens is 278 g/mol. The fraction of sp³-hybridized carbons (Fsp3) is 0.611. The van der Waals surface area contributed by atoms with Gasteiger partial charge in [-0.2, -0.15) is 0 Å². The molecule has 0 spiro atoms. The second kappa shape index (κ2) is 7.03. The first-order chi connectivity index (χ1) is 10.4. The van der Waals surface area contributed by atoms with Gasteiger partial charge in [0, 0.05) is 6.04 Å². The molecule has 0 bridgehead atoms. The van der Waals surface area contributed by atoms with E-state index in [1.54, 1.807) is 7.11 Å². The van der Waals surface area contributed by atoms with Crippen LogP contribution in [0.1, 0.15) is 45.6 Å². The van der Waals surface area contributed by atoms with Crippen molar-refractivity contribution in [3.8, 4) is 5.75 Å². The van der Waals surface area contributed by atoms with Crippen molar-refractivity contribution in [3.05, 3.63) is 29.8 Å². The first kappa shape index (κ1) is 16.7. The fourth-order valence-electron chi connectivity index (χ4n) is 2.51.